The van der Waals surface area contributed by atoms with Crippen LogP contribution in [0.5, 0.6) is 5.75 Å². The molecule has 0 spiro atoms. The predicted octanol–water partition coefficient (Wildman–Crippen LogP) is 5.60. The van der Waals surface area contributed by atoms with Crippen LogP contribution < -0.4 is 4.74 Å². The molecule has 0 unspecified atom stereocenters. The summed E-state index contributed by atoms with van der Waals surface area (Å²) in [7, 11) is -2.17. The van der Waals surface area contributed by atoms with Gasteiger partial charge in [0.05, 0.1) is 17.3 Å². The Morgan fingerprint density at radius 2 is 1.76 bits per heavy atom. The third-order valence-corrected chi connectivity index (χ3v) is 14.0. The average Bonchev–Trinajstić information content (AvgIpc) is 3.38. The smallest absolute Gasteiger partial charge is 0.303 e. The molecule has 41 heavy (non-hydrogen) atoms. The van der Waals surface area contributed by atoms with Gasteiger partial charge in [0, 0.05) is 24.2 Å². The first-order valence-electron chi connectivity index (χ1n) is 14.8. The largest absolute Gasteiger partial charge is 0.497 e. The molecule has 0 amide bonds. The highest BCUT2D eigenvalue weighted by Gasteiger charge is 2.94. The average molecular weight is 581 g/mol. The van der Waals surface area contributed by atoms with Crippen LogP contribution in [-0.4, -0.2) is 49.8 Å². The highest BCUT2D eigenvalue weighted by molar-refractivity contribution is 7.92. The van der Waals surface area contributed by atoms with Gasteiger partial charge in [-0.3, -0.25) is 4.79 Å². The van der Waals surface area contributed by atoms with Crippen LogP contribution in [0.3, 0.4) is 0 Å². The third-order valence-electron chi connectivity index (χ3n) is 11.7. The Balaban J connectivity index is 1.51. The summed E-state index contributed by atoms with van der Waals surface area (Å²) >= 11 is 0. The zero-order valence-electron chi connectivity index (χ0n) is 24.7. The van der Waals surface area contributed by atoms with Gasteiger partial charge in [-0.15, -0.1) is 0 Å². The van der Waals surface area contributed by atoms with Crippen molar-refractivity contribution in [2.24, 2.45) is 16.7 Å². The molecular formula is C33H40O7S. The molecule has 220 valence electrons. The quantitative estimate of drug-likeness (QED) is 0.435. The number of benzene rings is 2. The van der Waals surface area contributed by atoms with E-state index in [1.165, 1.54) is 18.1 Å². The van der Waals surface area contributed by atoms with Crippen LogP contribution in [0, 0.1) is 16.7 Å². The van der Waals surface area contributed by atoms with Crippen LogP contribution in [0.2, 0.25) is 0 Å². The molecule has 8 atom stereocenters. The van der Waals surface area contributed by atoms with Crippen LogP contribution in [0.4, 0.5) is 0 Å². The number of hydrogen-bond acceptors (Lipinski definition) is 7. The maximum absolute atomic E-state index is 14.8. The van der Waals surface area contributed by atoms with Crippen molar-refractivity contribution >= 4 is 15.8 Å². The number of aryl methyl sites for hydroxylation is 1. The molecule has 2 aromatic carbocycles. The van der Waals surface area contributed by atoms with E-state index in [1.54, 1.807) is 31.4 Å². The fraction of sp³-hybridized carbons (Fsp3) is 0.606. The molecule has 7 rings (SSSR count). The van der Waals surface area contributed by atoms with Crippen molar-refractivity contribution in [1.29, 1.82) is 0 Å². The van der Waals surface area contributed by atoms with Gasteiger partial charge in [0.15, 0.2) is 21.2 Å². The van der Waals surface area contributed by atoms with Gasteiger partial charge >= 0.3 is 5.97 Å². The van der Waals surface area contributed by atoms with Gasteiger partial charge in [-0.05, 0) is 93.7 Å². The number of rotatable bonds is 4. The van der Waals surface area contributed by atoms with E-state index in [9.17, 15) is 13.2 Å². The van der Waals surface area contributed by atoms with Crippen molar-refractivity contribution in [3.8, 4) is 5.75 Å². The predicted molar refractivity (Wildman–Crippen MR) is 152 cm³/mol. The van der Waals surface area contributed by atoms with Crippen molar-refractivity contribution in [3.05, 3.63) is 59.7 Å². The fourth-order valence-corrected chi connectivity index (χ4v) is 13.1. The molecule has 2 bridgehead atoms. The minimum absolute atomic E-state index is 0.00705. The van der Waals surface area contributed by atoms with E-state index >= 15 is 0 Å². The molecule has 0 aromatic heterocycles. The van der Waals surface area contributed by atoms with E-state index in [0.717, 1.165) is 25.0 Å². The minimum Gasteiger partial charge on any atom is -0.497 e. The molecule has 4 aliphatic carbocycles. The molecule has 3 saturated carbocycles. The zero-order chi connectivity index (χ0) is 29.2. The molecule has 2 aromatic rings. The van der Waals surface area contributed by atoms with Crippen molar-refractivity contribution in [2.45, 2.75) is 106 Å². The molecule has 1 heterocycles. The van der Waals surface area contributed by atoms with Crippen LogP contribution in [0.15, 0.2) is 53.4 Å². The first-order chi connectivity index (χ1) is 19.3. The van der Waals surface area contributed by atoms with Crippen LogP contribution in [0.25, 0.3) is 0 Å². The normalized spacial score (nSPS) is 41.6. The van der Waals surface area contributed by atoms with Crippen molar-refractivity contribution in [1.82, 2.24) is 0 Å². The molecule has 7 nitrogen and oxygen atoms in total. The molecule has 0 radical (unpaired) electrons. The van der Waals surface area contributed by atoms with Crippen molar-refractivity contribution in [2.75, 3.05) is 7.11 Å². The van der Waals surface area contributed by atoms with E-state index < -0.39 is 55.0 Å². The van der Waals surface area contributed by atoms with Crippen LogP contribution in [-0.2, 0) is 35.3 Å². The number of carbonyl (C=O) groups excluding carboxylic acids is 1. The van der Waals surface area contributed by atoms with Gasteiger partial charge in [-0.2, -0.15) is 0 Å². The molecule has 1 saturated heterocycles. The van der Waals surface area contributed by atoms with Crippen LogP contribution >= 0.6 is 0 Å². The van der Waals surface area contributed by atoms with Gasteiger partial charge in [0.1, 0.15) is 17.5 Å². The minimum atomic E-state index is -3.85. The van der Waals surface area contributed by atoms with Gasteiger partial charge in [-0.1, -0.05) is 31.2 Å². The number of fused-ring (bicyclic) bond motifs is 5. The topological polar surface area (TPSA) is 88.1 Å². The first kappa shape index (κ1) is 27.4. The number of sulfone groups is 1. The Morgan fingerprint density at radius 1 is 1.02 bits per heavy atom. The lowest BCUT2D eigenvalue weighted by atomic mass is 9.47. The van der Waals surface area contributed by atoms with Crippen molar-refractivity contribution in [3.63, 3.8) is 0 Å². The lowest BCUT2D eigenvalue weighted by Crippen LogP contribution is -2.63. The number of ether oxygens (including phenoxy) is 4. The van der Waals surface area contributed by atoms with E-state index in [1.807, 2.05) is 32.9 Å². The second-order valence-corrected chi connectivity index (χ2v) is 15.8. The summed E-state index contributed by atoms with van der Waals surface area (Å²) in [5.74, 6) is -0.405. The summed E-state index contributed by atoms with van der Waals surface area (Å²) in [6.45, 7) is 9.36. The Bertz CT molecular complexity index is 1540. The zero-order valence-corrected chi connectivity index (χ0v) is 25.5. The summed E-state index contributed by atoms with van der Waals surface area (Å²) in [6, 6.07) is 15.1. The van der Waals surface area contributed by atoms with E-state index in [2.05, 4.69) is 19.1 Å². The SMILES string of the molecule is COc1ccc2c(c1)CC[C@@H]1[C@@H]2CC[C@@]2(C)[C@]13[C@H](S(=O)(=O)c1ccccc1)C[C@@]2(OC(C)=O)[C@@]1(C)OC(C)(C)O[C@@H]31. The van der Waals surface area contributed by atoms with Crippen molar-refractivity contribution < 1.29 is 32.2 Å². The van der Waals surface area contributed by atoms with Gasteiger partial charge in [0.25, 0.3) is 0 Å². The van der Waals surface area contributed by atoms with E-state index in [-0.39, 0.29) is 18.3 Å². The maximum atomic E-state index is 14.8. The molecule has 4 fully saturated rings. The Labute approximate surface area is 242 Å². The van der Waals surface area contributed by atoms with Crippen LogP contribution in [0.1, 0.15) is 77.3 Å². The van der Waals surface area contributed by atoms with Gasteiger partial charge in [-0.25, -0.2) is 8.42 Å². The van der Waals surface area contributed by atoms with E-state index in [0.29, 0.717) is 11.3 Å². The summed E-state index contributed by atoms with van der Waals surface area (Å²) in [4.78, 5) is 13.2. The standard InChI is InChI=1S/C33H40O7S/c1-20(34)38-32-19-27(41(35,36)23-10-8-7-9-11-23)33(28-31(32,5)40-29(2,3)39-28)26-15-12-21-18-22(37-6)13-14-24(21)25(26)16-17-30(32,33)4/h7-11,13-14,18,25-28H,12,15-17,19H2,1-6H3/t25-,26-,27-,28-,30-,31+,32+,33+/m1/s1. The molecule has 1 aliphatic heterocycles. The number of carbonyl (C=O) groups is 1. The Hall–Kier alpha value is -2.42. The molecular weight excluding hydrogens is 540 g/mol. The number of hydrogen-bond donors (Lipinski definition) is 0. The fourth-order valence-electron chi connectivity index (χ4n) is 10.7. The Morgan fingerprint density at radius 3 is 2.44 bits per heavy atom. The van der Waals surface area contributed by atoms with E-state index in [4.69, 9.17) is 18.9 Å². The molecule has 0 N–H and O–H groups in total. The summed E-state index contributed by atoms with van der Waals surface area (Å²) in [5, 5.41) is -0.801. The lowest BCUT2D eigenvalue weighted by Gasteiger charge is -2.59. The highest BCUT2D eigenvalue weighted by atomic mass is 32.2. The molecule has 5 aliphatic rings. The first-order valence-corrected chi connectivity index (χ1v) is 16.4. The third kappa shape index (κ3) is 3.12. The maximum Gasteiger partial charge on any atom is 0.303 e. The lowest BCUT2D eigenvalue weighted by molar-refractivity contribution is -0.253. The summed E-state index contributed by atoms with van der Waals surface area (Å²) in [5.41, 5.74) is -1.16. The van der Waals surface area contributed by atoms with Gasteiger partial charge in [0.2, 0.25) is 0 Å². The number of methoxy groups -OCH3 is 1. The summed E-state index contributed by atoms with van der Waals surface area (Å²) in [6.07, 6.45) is 2.82. The Kier molecular flexibility index (Phi) is 5.59. The number of esters is 1. The highest BCUT2D eigenvalue weighted by Crippen LogP contribution is 2.84. The monoisotopic (exact) mass is 580 g/mol. The molecule has 8 heteroatoms. The second kappa shape index (κ2) is 8.35. The summed E-state index contributed by atoms with van der Waals surface area (Å²) < 4.78 is 55.4. The van der Waals surface area contributed by atoms with Gasteiger partial charge < -0.3 is 18.9 Å². The second-order valence-electron chi connectivity index (χ2n) is 13.7.